The van der Waals surface area contributed by atoms with Crippen molar-refractivity contribution in [3.63, 3.8) is 0 Å². The molecular formula is C28H22BrFN2O2S. The Labute approximate surface area is 215 Å². The Morgan fingerprint density at radius 1 is 0.943 bits per heavy atom. The van der Waals surface area contributed by atoms with Gasteiger partial charge in [0.25, 0.3) is 11.1 Å². The average Bonchev–Trinajstić information content (AvgIpc) is 3.33. The van der Waals surface area contributed by atoms with E-state index in [1.165, 1.54) is 28.2 Å². The molecule has 1 aromatic heterocycles. The van der Waals surface area contributed by atoms with Crippen LogP contribution < -0.4 is 0 Å². The Kier molecular flexibility index (Phi) is 6.62. The number of fused-ring (bicyclic) bond motifs is 1. The highest BCUT2D eigenvalue weighted by molar-refractivity contribution is 9.10. The van der Waals surface area contributed by atoms with E-state index < -0.39 is 0 Å². The first-order valence-electron chi connectivity index (χ1n) is 11.3. The number of imide groups is 1. The van der Waals surface area contributed by atoms with Crippen LogP contribution >= 0.6 is 27.7 Å². The third kappa shape index (κ3) is 4.83. The van der Waals surface area contributed by atoms with E-state index in [4.69, 9.17) is 0 Å². The zero-order valence-corrected chi connectivity index (χ0v) is 21.4. The van der Waals surface area contributed by atoms with Crippen LogP contribution in [0.3, 0.4) is 0 Å². The predicted octanol–water partition coefficient (Wildman–Crippen LogP) is 7.39. The van der Waals surface area contributed by atoms with Crippen LogP contribution in [-0.4, -0.2) is 20.6 Å². The smallest absolute Gasteiger partial charge is 0.293 e. The predicted molar refractivity (Wildman–Crippen MR) is 142 cm³/mol. The molecule has 3 aromatic carbocycles. The lowest BCUT2D eigenvalue weighted by Crippen LogP contribution is -2.27. The molecule has 0 bridgehead atoms. The number of thioether (sulfide) groups is 1. The van der Waals surface area contributed by atoms with Gasteiger partial charge in [0.15, 0.2) is 0 Å². The number of carbonyl (C=O) groups is 2. The van der Waals surface area contributed by atoms with Crippen LogP contribution in [-0.2, 0) is 24.3 Å². The summed E-state index contributed by atoms with van der Waals surface area (Å²) in [5, 5.41) is 0.727. The fraction of sp³-hybridized carbons (Fsp3) is 0.143. The number of para-hydroxylation sites is 1. The van der Waals surface area contributed by atoms with E-state index in [1.807, 2.05) is 24.3 Å². The van der Waals surface area contributed by atoms with Crippen LogP contribution in [0, 0.1) is 5.82 Å². The van der Waals surface area contributed by atoms with Crippen LogP contribution in [0.1, 0.15) is 29.2 Å². The van der Waals surface area contributed by atoms with Crippen LogP contribution in [0.5, 0.6) is 0 Å². The van der Waals surface area contributed by atoms with Gasteiger partial charge in [0.1, 0.15) is 5.82 Å². The van der Waals surface area contributed by atoms with E-state index >= 15 is 0 Å². The van der Waals surface area contributed by atoms with Gasteiger partial charge in [-0.2, -0.15) is 0 Å². The highest BCUT2D eigenvalue weighted by atomic mass is 79.9. The second-order valence-electron chi connectivity index (χ2n) is 8.40. The van der Waals surface area contributed by atoms with Crippen molar-refractivity contribution in [1.29, 1.82) is 0 Å². The maximum Gasteiger partial charge on any atom is 0.293 e. The van der Waals surface area contributed by atoms with Gasteiger partial charge in [-0.3, -0.25) is 14.5 Å². The maximum absolute atomic E-state index is 13.2. The van der Waals surface area contributed by atoms with Gasteiger partial charge in [-0.1, -0.05) is 65.3 Å². The summed E-state index contributed by atoms with van der Waals surface area (Å²) in [4.78, 5) is 27.4. The van der Waals surface area contributed by atoms with Crippen LogP contribution in [0.15, 0.2) is 82.3 Å². The molecule has 176 valence electrons. The molecule has 5 rings (SSSR count). The Morgan fingerprint density at radius 2 is 1.63 bits per heavy atom. The summed E-state index contributed by atoms with van der Waals surface area (Å²) in [6.07, 6.45) is 4.75. The van der Waals surface area contributed by atoms with Crippen LogP contribution in [0.2, 0.25) is 0 Å². The average molecular weight is 549 g/mol. The number of nitrogens with zero attached hydrogens (tertiary/aromatic N) is 2. The third-order valence-electron chi connectivity index (χ3n) is 6.07. The summed E-state index contributed by atoms with van der Waals surface area (Å²) in [5.74, 6) is -0.682. The van der Waals surface area contributed by atoms with Gasteiger partial charge in [0.05, 0.1) is 17.0 Å². The fourth-order valence-electron chi connectivity index (χ4n) is 4.33. The molecule has 2 amide bonds. The molecule has 35 heavy (non-hydrogen) atoms. The summed E-state index contributed by atoms with van der Waals surface area (Å²) >= 11 is 4.43. The number of hydrogen-bond acceptors (Lipinski definition) is 3. The number of aryl methyl sites for hydroxylation is 1. The Balaban J connectivity index is 1.50. The molecule has 1 fully saturated rings. The van der Waals surface area contributed by atoms with Gasteiger partial charge in [0, 0.05) is 28.2 Å². The molecule has 4 aromatic rings. The van der Waals surface area contributed by atoms with Crippen molar-refractivity contribution < 1.29 is 14.0 Å². The summed E-state index contributed by atoms with van der Waals surface area (Å²) in [5.41, 5.74) is 5.13. The molecule has 7 heteroatoms. The molecule has 0 radical (unpaired) electrons. The lowest BCUT2D eigenvalue weighted by atomic mass is 10.1. The summed E-state index contributed by atoms with van der Waals surface area (Å²) < 4.78 is 16.5. The molecule has 0 N–H and O–H groups in total. The third-order valence-corrected chi connectivity index (χ3v) is 7.51. The number of hydrogen-bond donors (Lipinski definition) is 0. The minimum Gasteiger partial charge on any atom is -0.342 e. The van der Waals surface area contributed by atoms with Crippen LogP contribution in [0.25, 0.3) is 17.0 Å². The molecule has 4 nitrogen and oxygen atoms in total. The van der Waals surface area contributed by atoms with E-state index in [0.717, 1.165) is 39.1 Å². The minimum atomic E-state index is -0.353. The summed E-state index contributed by atoms with van der Waals surface area (Å²) in [7, 11) is 0. The standard InChI is InChI=1S/C28H22BrFN2O2S/c1-2-20-4-3-5-24-21(17-31(26(20)24)15-18-6-10-22(29)11-7-18)14-25-27(33)32(28(34)35-25)16-19-8-12-23(30)13-9-19/h3-14,17H,2,15-16H2,1H3/b25-14-. The van der Waals surface area contributed by atoms with Crippen molar-refractivity contribution in [2.45, 2.75) is 26.4 Å². The largest absolute Gasteiger partial charge is 0.342 e. The van der Waals surface area contributed by atoms with E-state index in [2.05, 4.69) is 57.9 Å². The quantitative estimate of drug-likeness (QED) is 0.236. The molecule has 1 aliphatic rings. The first-order valence-corrected chi connectivity index (χ1v) is 12.9. The summed E-state index contributed by atoms with van der Waals surface area (Å²) in [6.45, 7) is 2.94. The summed E-state index contributed by atoms with van der Waals surface area (Å²) in [6, 6.07) is 20.3. The first kappa shape index (κ1) is 23.6. The van der Waals surface area contributed by atoms with E-state index in [1.54, 1.807) is 12.1 Å². The minimum absolute atomic E-state index is 0.119. The lowest BCUT2D eigenvalue weighted by molar-refractivity contribution is -0.123. The topological polar surface area (TPSA) is 42.3 Å². The fourth-order valence-corrected chi connectivity index (χ4v) is 5.42. The second kappa shape index (κ2) is 9.84. The number of rotatable bonds is 6. The maximum atomic E-state index is 13.2. The Bertz CT molecular complexity index is 1460. The van der Waals surface area contributed by atoms with Gasteiger partial charge >= 0.3 is 0 Å². The molecule has 0 spiro atoms. The van der Waals surface area contributed by atoms with E-state index in [9.17, 15) is 14.0 Å². The molecule has 0 atom stereocenters. The van der Waals surface area contributed by atoms with Crippen molar-refractivity contribution in [3.8, 4) is 0 Å². The lowest BCUT2D eigenvalue weighted by Gasteiger charge is -2.12. The van der Waals surface area contributed by atoms with Crippen molar-refractivity contribution in [2.24, 2.45) is 0 Å². The van der Waals surface area contributed by atoms with Crippen molar-refractivity contribution in [3.05, 3.63) is 110 Å². The van der Waals surface area contributed by atoms with Crippen molar-refractivity contribution in [1.82, 2.24) is 9.47 Å². The first-order chi connectivity index (χ1) is 16.9. The highest BCUT2D eigenvalue weighted by Gasteiger charge is 2.35. The van der Waals surface area contributed by atoms with E-state index in [0.29, 0.717) is 17.0 Å². The van der Waals surface area contributed by atoms with Gasteiger partial charge in [-0.25, -0.2) is 4.39 Å². The van der Waals surface area contributed by atoms with Crippen molar-refractivity contribution >= 4 is 55.8 Å². The number of halogens is 2. The van der Waals surface area contributed by atoms with Gasteiger partial charge in [0.2, 0.25) is 0 Å². The van der Waals surface area contributed by atoms with Gasteiger partial charge in [-0.15, -0.1) is 0 Å². The molecule has 2 heterocycles. The van der Waals surface area contributed by atoms with Crippen molar-refractivity contribution in [2.75, 3.05) is 0 Å². The molecule has 0 aliphatic carbocycles. The molecule has 0 unspecified atom stereocenters. The molecular weight excluding hydrogens is 527 g/mol. The molecule has 0 saturated carbocycles. The Hall–Kier alpha value is -3.16. The molecule has 1 aliphatic heterocycles. The normalized spacial score (nSPS) is 15.1. The monoisotopic (exact) mass is 548 g/mol. The van der Waals surface area contributed by atoms with Gasteiger partial charge < -0.3 is 4.57 Å². The number of carbonyl (C=O) groups excluding carboxylic acids is 2. The number of aromatic nitrogens is 1. The number of amides is 2. The zero-order chi connectivity index (χ0) is 24.5. The SMILES string of the molecule is CCc1cccc2c(/C=C3\SC(=O)N(Cc4ccc(F)cc4)C3=O)cn(Cc3ccc(Br)cc3)c12. The Morgan fingerprint density at radius 3 is 2.34 bits per heavy atom. The van der Waals surface area contributed by atoms with E-state index in [-0.39, 0.29) is 23.5 Å². The van der Waals surface area contributed by atoms with Gasteiger partial charge in [-0.05, 0) is 65.2 Å². The zero-order valence-electron chi connectivity index (χ0n) is 19.0. The number of benzene rings is 3. The second-order valence-corrected chi connectivity index (χ2v) is 10.3. The molecule has 1 saturated heterocycles. The van der Waals surface area contributed by atoms with Crippen LogP contribution in [0.4, 0.5) is 9.18 Å². The highest BCUT2D eigenvalue weighted by Crippen LogP contribution is 2.36.